The van der Waals surface area contributed by atoms with E-state index in [4.69, 9.17) is 5.73 Å². The van der Waals surface area contributed by atoms with E-state index in [1.54, 1.807) is 17.5 Å². The highest BCUT2D eigenvalue weighted by Gasteiger charge is 2.31. The van der Waals surface area contributed by atoms with Crippen LogP contribution in [0.25, 0.3) is 0 Å². The lowest BCUT2D eigenvalue weighted by Crippen LogP contribution is -2.26. The Hall–Kier alpha value is -1.07. The minimum atomic E-state index is 0.617. The van der Waals surface area contributed by atoms with E-state index in [-0.39, 0.29) is 0 Å². The summed E-state index contributed by atoms with van der Waals surface area (Å²) < 4.78 is 1.02. The molecular weight excluding hydrogens is 322 g/mol. The smallest absolute Gasteiger partial charge is 0.143 e. The van der Waals surface area contributed by atoms with E-state index in [2.05, 4.69) is 42.6 Å². The molecule has 3 nitrogen and oxygen atoms in total. The number of hydrogen-bond acceptors (Lipinski definition) is 4. The minimum absolute atomic E-state index is 0.617. The average molecular weight is 338 g/mol. The van der Waals surface area contributed by atoms with Crippen molar-refractivity contribution in [1.29, 1.82) is 0 Å². The lowest BCUT2D eigenvalue weighted by Gasteiger charge is -2.25. The van der Waals surface area contributed by atoms with E-state index in [0.717, 1.165) is 28.1 Å². The number of anilines is 2. The number of halogens is 1. The Labute approximate surface area is 125 Å². The van der Waals surface area contributed by atoms with Crippen LogP contribution >= 0.6 is 27.3 Å². The molecule has 3 rings (SSSR count). The molecule has 2 N–H and O–H groups in total. The Kier molecular flexibility index (Phi) is 3.50. The SMILES string of the molecule is Cc1c(N)cnc(N(Cc2ccsc2)C2CC2)c1Br. The second-order valence-corrected chi connectivity index (χ2v) is 6.54. The third kappa shape index (κ3) is 2.62. The average Bonchev–Trinajstić information content (AvgIpc) is 3.12. The summed E-state index contributed by atoms with van der Waals surface area (Å²) in [6, 6.07) is 2.80. The van der Waals surface area contributed by atoms with Gasteiger partial charge in [-0.05, 0) is 63.6 Å². The second-order valence-electron chi connectivity index (χ2n) is 4.97. The Balaban J connectivity index is 1.94. The van der Waals surface area contributed by atoms with Gasteiger partial charge in [-0.1, -0.05) is 0 Å². The molecule has 0 unspecified atom stereocenters. The summed E-state index contributed by atoms with van der Waals surface area (Å²) >= 11 is 5.39. The van der Waals surface area contributed by atoms with E-state index in [9.17, 15) is 0 Å². The Morgan fingerprint density at radius 1 is 1.53 bits per heavy atom. The van der Waals surface area contributed by atoms with Crippen LogP contribution in [-0.2, 0) is 6.54 Å². The highest BCUT2D eigenvalue weighted by Crippen LogP contribution is 2.38. The van der Waals surface area contributed by atoms with Crippen molar-refractivity contribution in [3.63, 3.8) is 0 Å². The first-order chi connectivity index (χ1) is 9.16. The molecule has 0 atom stereocenters. The van der Waals surface area contributed by atoms with Crippen LogP contribution < -0.4 is 10.6 Å². The molecular formula is C14H16BrN3S. The molecule has 100 valence electrons. The molecule has 19 heavy (non-hydrogen) atoms. The van der Waals surface area contributed by atoms with E-state index in [1.807, 2.05) is 6.92 Å². The zero-order valence-electron chi connectivity index (χ0n) is 10.8. The van der Waals surface area contributed by atoms with Gasteiger partial charge >= 0.3 is 0 Å². The van der Waals surface area contributed by atoms with Gasteiger partial charge in [0.1, 0.15) is 5.82 Å². The van der Waals surface area contributed by atoms with Gasteiger partial charge in [0.15, 0.2) is 0 Å². The Bertz CT molecular complexity index is 579. The van der Waals surface area contributed by atoms with Crippen molar-refractivity contribution < 1.29 is 0 Å². The van der Waals surface area contributed by atoms with Gasteiger partial charge in [0.05, 0.1) is 16.4 Å². The maximum atomic E-state index is 5.91. The molecule has 1 aliphatic carbocycles. The van der Waals surface area contributed by atoms with Gasteiger partial charge in [-0.2, -0.15) is 11.3 Å². The fraction of sp³-hybridized carbons (Fsp3) is 0.357. The van der Waals surface area contributed by atoms with Gasteiger partial charge in [-0.3, -0.25) is 0 Å². The number of aromatic nitrogens is 1. The fourth-order valence-electron chi connectivity index (χ4n) is 2.12. The lowest BCUT2D eigenvalue weighted by atomic mass is 10.2. The van der Waals surface area contributed by atoms with Crippen molar-refractivity contribution in [3.8, 4) is 0 Å². The molecule has 0 bridgehead atoms. The molecule has 1 fully saturated rings. The van der Waals surface area contributed by atoms with Crippen LogP contribution in [0.4, 0.5) is 11.5 Å². The first-order valence-corrected chi connectivity index (χ1v) is 8.08. The van der Waals surface area contributed by atoms with Crippen molar-refractivity contribution in [2.24, 2.45) is 0 Å². The molecule has 0 saturated heterocycles. The highest BCUT2D eigenvalue weighted by atomic mass is 79.9. The fourth-order valence-corrected chi connectivity index (χ4v) is 3.34. The number of nitrogens with zero attached hydrogens (tertiary/aromatic N) is 2. The van der Waals surface area contributed by atoms with Crippen molar-refractivity contribution >= 4 is 38.8 Å². The number of pyridine rings is 1. The normalized spacial score (nSPS) is 14.6. The summed E-state index contributed by atoms with van der Waals surface area (Å²) in [5, 5.41) is 4.32. The first-order valence-electron chi connectivity index (χ1n) is 6.35. The van der Waals surface area contributed by atoms with E-state index in [1.165, 1.54) is 18.4 Å². The van der Waals surface area contributed by atoms with Crippen molar-refractivity contribution in [3.05, 3.63) is 38.6 Å². The van der Waals surface area contributed by atoms with Crippen LogP contribution in [0, 0.1) is 6.92 Å². The predicted molar refractivity (Wildman–Crippen MR) is 84.6 cm³/mol. The summed E-state index contributed by atoms with van der Waals surface area (Å²) in [5.41, 5.74) is 9.06. The maximum absolute atomic E-state index is 5.91. The molecule has 0 spiro atoms. The summed E-state index contributed by atoms with van der Waals surface area (Å²) in [6.07, 6.45) is 4.27. The predicted octanol–water partition coefficient (Wildman–Crippen LogP) is 3.97. The number of nitrogens with two attached hydrogens (primary N) is 1. The largest absolute Gasteiger partial charge is 0.397 e. The molecule has 0 aliphatic heterocycles. The molecule has 0 amide bonds. The molecule has 5 heteroatoms. The standard InChI is InChI=1S/C14H16BrN3S/c1-9-12(16)6-17-14(13(9)15)18(11-2-3-11)7-10-4-5-19-8-10/h4-6,8,11H,2-3,7,16H2,1H3. The Morgan fingerprint density at radius 2 is 2.32 bits per heavy atom. The lowest BCUT2D eigenvalue weighted by molar-refractivity contribution is 0.777. The molecule has 1 aliphatic rings. The Morgan fingerprint density at radius 3 is 2.95 bits per heavy atom. The van der Waals surface area contributed by atoms with Gasteiger partial charge < -0.3 is 10.6 Å². The zero-order chi connectivity index (χ0) is 13.4. The summed E-state index contributed by atoms with van der Waals surface area (Å²) in [5.74, 6) is 1.01. The number of hydrogen-bond donors (Lipinski definition) is 1. The number of rotatable bonds is 4. The first kappa shape index (κ1) is 12.9. The van der Waals surface area contributed by atoms with Gasteiger partial charge in [0.2, 0.25) is 0 Å². The molecule has 2 aromatic heterocycles. The monoisotopic (exact) mass is 337 g/mol. The van der Waals surface area contributed by atoms with E-state index >= 15 is 0 Å². The van der Waals surface area contributed by atoms with Crippen LogP contribution in [0.3, 0.4) is 0 Å². The van der Waals surface area contributed by atoms with Crippen LogP contribution in [-0.4, -0.2) is 11.0 Å². The third-order valence-corrected chi connectivity index (χ3v) is 5.16. The molecule has 0 aromatic carbocycles. The van der Waals surface area contributed by atoms with Crippen molar-refractivity contribution in [2.45, 2.75) is 32.4 Å². The molecule has 1 saturated carbocycles. The molecule has 0 radical (unpaired) electrons. The molecule has 2 heterocycles. The quantitative estimate of drug-likeness (QED) is 0.917. The van der Waals surface area contributed by atoms with Crippen LogP contribution in [0.1, 0.15) is 24.0 Å². The van der Waals surface area contributed by atoms with Crippen LogP contribution in [0.2, 0.25) is 0 Å². The summed E-state index contributed by atoms with van der Waals surface area (Å²) in [6.45, 7) is 2.95. The third-order valence-electron chi connectivity index (χ3n) is 3.48. The van der Waals surface area contributed by atoms with Gasteiger partial charge in [-0.25, -0.2) is 4.98 Å². The maximum Gasteiger partial charge on any atom is 0.143 e. The molecule has 2 aromatic rings. The van der Waals surface area contributed by atoms with E-state index in [0.29, 0.717) is 6.04 Å². The summed E-state index contributed by atoms with van der Waals surface area (Å²) in [7, 11) is 0. The zero-order valence-corrected chi connectivity index (χ0v) is 13.2. The van der Waals surface area contributed by atoms with Crippen LogP contribution in [0.5, 0.6) is 0 Å². The van der Waals surface area contributed by atoms with Gasteiger partial charge in [0.25, 0.3) is 0 Å². The van der Waals surface area contributed by atoms with Crippen LogP contribution in [0.15, 0.2) is 27.5 Å². The topological polar surface area (TPSA) is 42.1 Å². The minimum Gasteiger partial charge on any atom is -0.397 e. The van der Waals surface area contributed by atoms with Gasteiger partial charge in [0, 0.05) is 12.6 Å². The van der Waals surface area contributed by atoms with Crippen molar-refractivity contribution in [1.82, 2.24) is 4.98 Å². The van der Waals surface area contributed by atoms with E-state index < -0.39 is 0 Å². The van der Waals surface area contributed by atoms with Gasteiger partial charge in [-0.15, -0.1) is 0 Å². The number of nitrogen functional groups attached to an aromatic ring is 1. The second kappa shape index (κ2) is 5.13. The number of thiophene rings is 1. The summed E-state index contributed by atoms with van der Waals surface area (Å²) in [4.78, 5) is 6.93. The van der Waals surface area contributed by atoms with Crippen molar-refractivity contribution in [2.75, 3.05) is 10.6 Å². The highest BCUT2D eigenvalue weighted by molar-refractivity contribution is 9.10.